The number of aromatic nitrogens is 1. The van der Waals surface area contributed by atoms with Gasteiger partial charge in [0.2, 0.25) is 0 Å². The molecule has 0 N–H and O–H groups in total. The molecule has 1 aromatic carbocycles. The van der Waals surface area contributed by atoms with Crippen LogP contribution in [0.3, 0.4) is 0 Å². The smallest absolute Gasteiger partial charge is 0.419 e. The minimum absolute atomic E-state index is 0.106. The van der Waals surface area contributed by atoms with Crippen molar-refractivity contribution in [3.8, 4) is 0 Å². The van der Waals surface area contributed by atoms with Crippen LogP contribution >= 0.6 is 23.5 Å². The van der Waals surface area contributed by atoms with Crippen molar-refractivity contribution in [1.29, 1.82) is 0 Å². The third-order valence-electron chi connectivity index (χ3n) is 4.58. The zero-order valence-corrected chi connectivity index (χ0v) is 22.8. The monoisotopic (exact) mass is 479 g/mol. The lowest BCUT2D eigenvalue weighted by molar-refractivity contribution is -0.142. The van der Waals surface area contributed by atoms with Crippen LogP contribution in [0.25, 0.3) is 10.9 Å². The van der Waals surface area contributed by atoms with E-state index in [-0.39, 0.29) is 10.7 Å². The summed E-state index contributed by atoms with van der Waals surface area (Å²) in [6.45, 7) is 19.9. The maximum absolute atomic E-state index is 13.4. The van der Waals surface area contributed by atoms with E-state index in [9.17, 15) is 9.59 Å². The van der Waals surface area contributed by atoms with Gasteiger partial charge in [-0.1, -0.05) is 52.4 Å². The molecule has 0 aliphatic carbocycles. The highest BCUT2D eigenvalue weighted by Crippen LogP contribution is 2.48. The Morgan fingerprint density at radius 1 is 0.969 bits per heavy atom. The average molecular weight is 480 g/mol. The van der Waals surface area contributed by atoms with Crippen LogP contribution in [0.2, 0.25) is 0 Å². The lowest BCUT2D eigenvalue weighted by Crippen LogP contribution is -2.31. The summed E-state index contributed by atoms with van der Waals surface area (Å²) in [6.07, 6.45) is -0.455. The van der Waals surface area contributed by atoms with Gasteiger partial charge in [0, 0.05) is 15.0 Å². The number of esters is 1. The first-order chi connectivity index (χ1) is 14.5. The van der Waals surface area contributed by atoms with Gasteiger partial charge >= 0.3 is 12.1 Å². The summed E-state index contributed by atoms with van der Waals surface area (Å²) >= 11 is 3.03. The number of nitrogens with zero attached hydrogens (tertiary/aromatic N) is 1. The van der Waals surface area contributed by atoms with Gasteiger partial charge in [0.15, 0.2) is 0 Å². The maximum atomic E-state index is 13.4. The van der Waals surface area contributed by atoms with Crippen LogP contribution in [0.4, 0.5) is 4.79 Å². The second kappa shape index (κ2) is 9.34. The van der Waals surface area contributed by atoms with Crippen LogP contribution in [0.1, 0.15) is 80.7 Å². The molecule has 32 heavy (non-hydrogen) atoms. The van der Waals surface area contributed by atoms with Crippen molar-refractivity contribution < 1.29 is 19.1 Å². The van der Waals surface area contributed by atoms with Crippen molar-refractivity contribution >= 4 is 46.5 Å². The van der Waals surface area contributed by atoms with Gasteiger partial charge in [-0.05, 0) is 58.2 Å². The number of carbonyl (C=O) groups is 2. The van der Waals surface area contributed by atoms with E-state index < -0.39 is 16.4 Å². The van der Waals surface area contributed by atoms with Gasteiger partial charge in [-0.2, -0.15) is 0 Å². The molecule has 2 aromatic rings. The molecule has 0 radical (unpaired) electrons. The Kier molecular flexibility index (Phi) is 7.77. The minimum Gasteiger partial charge on any atom is -0.468 e. The largest absolute Gasteiger partial charge is 0.468 e. The summed E-state index contributed by atoms with van der Waals surface area (Å²) in [4.78, 5) is 26.9. The van der Waals surface area contributed by atoms with Gasteiger partial charge in [0.05, 0.1) is 12.6 Å². The van der Waals surface area contributed by atoms with E-state index in [4.69, 9.17) is 9.47 Å². The first kappa shape index (κ1) is 26.7. The SMILES string of the molecule is COC(=O)C(C)(C)Sc1c(SC(C)(C)C)c2cc(C(C)C)ccc2n1C(=O)OC(C)(C)C. The molecule has 0 saturated heterocycles. The number of benzene rings is 1. The first-order valence-electron chi connectivity index (χ1n) is 10.8. The zero-order chi connectivity index (χ0) is 24.6. The van der Waals surface area contributed by atoms with Crippen LogP contribution in [-0.2, 0) is 14.3 Å². The normalized spacial score (nSPS) is 13.0. The fourth-order valence-electron chi connectivity index (χ4n) is 3.13. The molecule has 178 valence electrons. The van der Waals surface area contributed by atoms with E-state index in [1.165, 1.54) is 24.4 Å². The molecule has 0 fully saturated rings. The minimum atomic E-state index is -0.892. The number of methoxy groups -OCH3 is 1. The summed E-state index contributed by atoms with van der Waals surface area (Å²) in [5, 5.41) is 1.69. The van der Waals surface area contributed by atoms with Crippen molar-refractivity contribution in [2.24, 2.45) is 0 Å². The predicted molar refractivity (Wildman–Crippen MR) is 135 cm³/mol. The summed E-state index contributed by atoms with van der Waals surface area (Å²) in [5.74, 6) is -0.00236. The van der Waals surface area contributed by atoms with Crippen LogP contribution in [0.5, 0.6) is 0 Å². The van der Waals surface area contributed by atoms with Gasteiger partial charge in [-0.25, -0.2) is 9.36 Å². The molecule has 1 aromatic heterocycles. The highest BCUT2D eigenvalue weighted by molar-refractivity contribution is 8.04. The van der Waals surface area contributed by atoms with Crippen LogP contribution in [0.15, 0.2) is 28.1 Å². The number of fused-ring (bicyclic) bond motifs is 1. The summed E-state index contributed by atoms with van der Waals surface area (Å²) < 4.78 is 11.4. The highest BCUT2D eigenvalue weighted by Gasteiger charge is 2.36. The lowest BCUT2D eigenvalue weighted by atomic mass is 10.0. The van der Waals surface area contributed by atoms with Crippen molar-refractivity contribution in [2.45, 2.75) is 100 Å². The lowest BCUT2D eigenvalue weighted by Gasteiger charge is -2.25. The van der Waals surface area contributed by atoms with Crippen molar-refractivity contribution in [3.05, 3.63) is 23.8 Å². The fraction of sp³-hybridized carbons (Fsp3) is 0.600. The molecule has 2 rings (SSSR count). The molecule has 7 heteroatoms. The Balaban J connectivity index is 2.89. The Morgan fingerprint density at radius 2 is 1.56 bits per heavy atom. The first-order valence-corrected chi connectivity index (χ1v) is 12.5. The van der Waals surface area contributed by atoms with Crippen molar-refractivity contribution in [2.75, 3.05) is 7.11 Å². The number of hydrogen-bond acceptors (Lipinski definition) is 6. The summed E-state index contributed by atoms with van der Waals surface area (Å²) in [5.41, 5.74) is 1.32. The molecule has 0 atom stereocenters. The zero-order valence-electron chi connectivity index (χ0n) is 21.2. The van der Waals surface area contributed by atoms with E-state index in [0.29, 0.717) is 10.9 Å². The highest BCUT2D eigenvalue weighted by atomic mass is 32.2. The van der Waals surface area contributed by atoms with E-state index in [1.807, 2.05) is 40.7 Å². The molecule has 0 amide bonds. The van der Waals surface area contributed by atoms with Gasteiger partial charge in [0.1, 0.15) is 15.4 Å². The van der Waals surface area contributed by atoms with Gasteiger partial charge < -0.3 is 9.47 Å². The van der Waals surface area contributed by atoms with Crippen molar-refractivity contribution in [1.82, 2.24) is 4.57 Å². The van der Waals surface area contributed by atoms with Gasteiger partial charge in [-0.15, -0.1) is 11.8 Å². The number of carbonyl (C=O) groups excluding carboxylic acids is 2. The van der Waals surface area contributed by atoms with E-state index in [0.717, 1.165) is 15.8 Å². The third-order valence-corrected chi connectivity index (χ3v) is 7.20. The standard InChI is InChI=1S/C25H37NO4S2/c1-15(2)16-12-13-18-17(14-16)19(31-24(6,7)8)20(32-25(9,10)21(27)29-11)26(18)22(28)30-23(3,4)5/h12-15H,1-11H3. The molecule has 0 aliphatic heterocycles. The average Bonchev–Trinajstić information content (AvgIpc) is 2.90. The molecule has 1 heterocycles. The molecule has 5 nitrogen and oxygen atoms in total. The number of thioether (sulfide) groups is 2. The quantitative estimate of drug-likeness (QED) is 0.327. The summed E-state index contributed by atoms with van der Waals surface area (Å²) in [6, 6.07) is 6.19. The predicted octanol–water partition coefficient (Wildman–Crippen LogP) is 7.48. The van der Waals surface area contributed by atoms with Crippen LogP contribution < -0.4 is 0 Å². The number of hydrogen-bond donors (Lipinski definition) is 0. The molecule has 0 spiro atoms. The summed E-state index contributed by atoms with van der Waals surface area (Å²) in [7, 11) is 1.38. The van der Waals surface area contributed by atoms with Gasteiger partial charge in [0.25, 0.3) is 0 Å². The maximum Gasteiger partial charge on any atom is 0.419 e. The Hall–Kier alpha value is -1.60. The Labute approximate surface area is 201 Å². The second-order valence-electron chi connectivity index (χ2n) is 10.7. The second-order valence-corrected chi connectivity index (χ2v) is 14.1. The Bertz CT molecular complexity index is 1010. The van der Waals surface area contributed by atoms with Crippen molar-refractivity contribution in [3.63, 3.8) is 0 Å². The van der Waals surface area contributed by atoms with E-state index >= 15 is 0 Å². The molecular weight excluding hydrogens is 442 g/mol. The molecule has 0 unspecified atom stereocenters. The number of rotatable bonds is 5. The molecule has 0 bridgehead atoms. The molecule has 0 saturated carbocycles. The van der Waals surface area contributed by atoms with Crippen LogP contribution in [0, 0.1) is 0 Å². The van der Waals surface area contributed by atoms with Crippen LogP contribution in [-0.4, -0.2) is 38.8 Å². The fourth-order valence-corrected chi connectivity index (χ4v) is 5.56. The Morgan fingerprint density at radius 3 is 2.03 bits per heavy atom. The third kappa shape index (κ3) is 6.25. The molecular formula is C25H37NO4S2. The topological polar surface area (TPSA) is 57.5 Å². The molecule has 0 aliphatic rings. The van der Waals surface area contributed by atoms with E-state index in [1.54, 1.807) is 16.3 Å². The van der Waals surface area contributed by atoms with Gasteiger partial charge in [-0.3, -0.25) is 4.79 Å². The van der Waals surface area contributed by atoms with E-state index in [2.05, 4.69) is 46.8 Å². The number of ether oxygens (including phenoxy) is 2.